The van der Waals surface area contributed by atoms with E-state index >= 15 is 0 Å². The van der Waals surface area contributed by atoms with Gasteiger partial charge in [-0.1, -0.05) is 15.9 Å². The normalized spacial score (nSPS) is 17.2. The molecule has 0 amide bonds. The van der Waals surface area contributed by atoms with Crippen molar-refractivity contribution < 1.29 is 9.90 Å². The van der Waals surface area contributed by atoms with Gasteiger partial charge in [0.15, 0.2) is 0 Å². The number of benzene rings is 1. The Kier molecular flexibility index (Phi) is 5.24. The quantitative estimate of drug-likeness (QED) is 0.652. The molecular formula is C20H21BrN4O2. The maximum atomic E-state index is 12.1. The highest BCUT2D eigenvalue weighted by atomic mass is 79.9. The first-order chi connectivity index (χ1) is 13.1. The average molecular weight is 429 g/mol. The Morgan fingerprint density at radius 1 is 1.19 bits per heavy atom. The van der Waals surface area contributed by atoms with Crippen LogP contribution in [0.3, 0.4) is 0 Å². The van der Waals surface area contributed by atoms with Crippen LogP contribution in [0.1, 0.15) is 17.2 Å². The van der Waals surface area contributed by atoms with Crippen LogP contribution in [0, 0.1) is 0 Å². The molecule has 0 saturated carbocycles. The third kappa shape index (κ3) is 3.90. The molecule has 1 saturated heterocycles. The van der Waals surface area contributed by atoms with E-state index in [0.29, 0.717) is 0 Å². The fourth-order valence-corrected chi connectivity index (χ4v) is 4.11. The highest BCUT2D eigenvalue weighted by Gasteiger charge is 2.32. The van der Waals surface area contributed by atoms with E-state index in [-0.39, 0.29) is 0 Å². The van der Waals surface area contributed by atoms with Crippen LogP contribution in [0.15, 0.2) is 53.4 Å². The summed E-state index contributed by atoms with van der Waals surface area (Å²) in [4.78, 5) is 23.8. The summed E-state index contributed by atoms with van der Waals surface area (Å²) in [5.74, 6) is -0.807. The minimum atomic E-state index is -0.807. The predicted molar refractivity (Wildman–Crippen MR) is 107 cm³/mol. The predicted octanol–water partition coefficient (Wildman–Crippen LogP) is 3.27. The smallest absolute Gasteiger partial charge is 0.325 e. The van der Waals surface area contributed by atoms with E-state index < -0.39 is 12.0 Å². The maximum absolute atomic E-state index is 12.1. The molecule has 0 radical (unpaired) electrons. The van der Waals surface area contributed by atoms with Crippen molar-refractivity contribution in [1.29, 1.82) is 0 Å². The third-order valence-electron chi connectivity index (χ3n) is 5.13. The second-order valence-corrected chi connectivity index (χ2v) is 7.76. The summed E-state index contributed by atoms with van der Waals surface area (Å²) in [6.45, 7) is 4.01. The first kappa shape index (κ1) is 18.2. The lowest BCUT2D eigenvalue weighted by molar-refractivity contribution is -0.144. The Balaban J connectivity index is 1.50. The van der Waals surface area contributed by atoms with Gasteiger partial charge in [-0.3, -0.25) is 19.6 Å². The van der Waals surface area contributed by atoms with E-state index in [2.05, 4.69) is 35.7 Å². The van der Waals surface area contributed by atoms with Crippen molar-refractivity contribution in [2.24, 2.45) is 0 Å². The third-order valence-corrected chi connectivity index (χ3v) is 5.63. The monoisotopic (exact) mass is 428 g/mol. The lowest BCUT2D eigenvalue weighted by atomic mass is 10.0. The summed E-state index contributed by atoms with van der Waals surface area (Å²) in [6.07, 6.45) is 5.45. The zero-order valence-corrected chi connectivity index (χ0v) is 16.4. The van der Waals surface area contributed by atoms with Crippen molar-refractivity contribution in [2.75, 3.05) is 26.2 Å². The minimum absolute atomic E-state index is 0.642. The molecule has 1 aliphatic rings. The van der Waals surface area contributed by atoms with Gasteiger partial charge in [-0.05, 0) is 35.9 Å². The number of carbonyl (C=O) groups is 1. The summed E-state index contributed by atoms with van der Waals surface area (Å²) < 4.78 is 0.946. The summed E-state index contributed by atoms with van der Waals surface area (Å²) in [5, 5.41) is 10.9. The highest BCUT2D eigenvalue weighted by molar-refractivity contribution is 9.10. The van der Waals surface area contributed by atoms with Crippen molar-refractivity contribution in [3.8, 4) is 0 Å². The number of hydrogen-bond donors (Lipinski definition) is 2. The number of nitrogens with one attached hydrogen (secondary N) is 1. The molecule has 2 aromatic heterocycles. The second-order valence-electron chi connectivity index (χ2n) is 6.84. The zero-order valence-electron chi connectivity index (χ0n) is 14.8. The van der Waals surface area contributed by atoms with Crippen LogP contribution in [0.25, 0.3) is 10.9 Å². The number of nitrogens with zero attached hydrogens (tertiary/aromatic N) is 3. The van der Waals surface area contributed by atoms with Crippen LogP contribution in [0.2, 0.25) is 0 Å². The van der Waals surface area contributed by atoms with Crippen LogP contribution in [0.5, 0.6) is 0 Å². The van der Waals surface area contributed by atoms with E-state index in [1.54, 1.807) is 12.4 Å². The molecular weight excluding hydrogens is 408 g/mol. The number of carboxylic acid groups (broad SMARTS) is 1. The molecule has 7 heteroatoms. The number of pyridine rings is 1. The molecule has 27 heavy (non-hydrogen) atoms. The van der Waals surface area contributed by atoms with Crippen molar-refractivity contribution in [3.63, 3.8) is 0 Å². The minimum Gasteiger partial charge on any atom is -0.480 e. The number of rotatable bonds is 5. The van der Waals surface area contributed by atoms with Gasteiger partial charge in [0.2, 0.25) is 0 Å². The number of carboxylic acids is 1. The lowest BCUT2D eigenvalue weighted by Crippen LogP contribution is -2.48. The van der Waals surface area contributed by atoms with Gasteiger partial charge in [0.05, 0.1) is 0 Å². The molecule has 1 atom stereocenters. The molecule has 0 spiro atoms. The van der Waals surface area contributed by atoms with E-state index in [0.717, 1.165) is 53.7 Å². The van der Waals surface area contributed by atoms with Crippen LogP contribution in [0.4, 0.5) is 0 Å². The number of fused-ring (bicyclic) bond motifs is 1. The molecule has 1 aliphatic heterocycles. The maximum Gasteiger partial charge on any atom is 0.325 e. The molecule has 3 heterocycles. The zero-order chi connectivity index (χ0) is 18.8. The molecule has 0 unspecified atom stereocenters. The molecule has 0 aliphatic carbocycles. The number of halogens is 1. The summed E-state index contributed by atoms with van der Waals surface area (Å²) >= 11 is 3.49. The number of aliphatic carboxylic acids is 1. The van der Waals surface area contributed by atoms with Gasteiger partial charge in [0.25, 0.3) is 0 Å². The highest BCUT2D eigenvalue weighted by Crippen LogP contribution is 2.31. The van der Waals surface area contributed by atoms with E-state index in [9.17, 15) is 9.90 Å². The van der Waals surface area contributed by atoms with E-state index in [1.165, 1.54) is 5.56 Å². The number of hydrogen-bond acceptors (Lipinski definition) is 4. The van der Waals surface area contributed by atoms with Crippen LogP contribution in [-0.2, 0) is 11.3 Å². The average Bonchev–Trinajstić information content (AvgIpc) is 3.07. The fourth-order valence-electron chi connectivity index (χ4n) is 3.75. The standard InChI is InChI=1S/C20H21BrN4O2/c21-15-1-2-18-16(11-15)17(12-23-18)19(20(26)27)25-9-7-24(8-10-25)13-14-3-5-22-6-4-14/h1-6,11-12,19,23H,7-10,13H2,(H,26,27)/t19-/m1/s1. The van der Waals surface area contributed by atoms with Crippen molar-refractivity contribution in [1.82, 2.24) is 19.8 Å². The number of H-pyrrole nitrogens is 1. The number of piperazine rings is 1. The SMILES string of the molecule is O=C(O)[C@@H](c1c[nH]c2ccc(Br)cc12)N1CCN(Cc2ccncc2)CC1. The van der Waals surface area contributed by atoms with Crippen molar-refractivity contribution in [3.05, 3.63) is 64.5 Å². The van der Waals surface area contributed by atoms with Gasteiger partial charge >= 0.3 is 5.97 Å². The fraction of sp³-hybridized carbons (Fsp3) is 0.300. The molecule has 3 aromatic rings. The first-order valence-electron chi connectivity index (χ1n) is 8.96. The topological polar surface area (TPSA) is 72.5 Å². The Labute approximate surface area is 165 Å². The van der Waals surface area contributed by atoms with E-state index in [1.807, 2.05) is 36.5 Å². The lowest BCUT2D eigenvalue weighted by Gasteiger charge is -2.37. The molecule has 1 aromatic carbocycles. The molecule has 4 rings (SSSR count). The number of aromatic amines is 1. The van der Waals surface area contributed by atoms with E-state index in [4.69, 9.17) is 0 Å². The van der Waals surface area contributed by atoms with Gasteiger partial charge in [-0.25, -0.2) is 0 Å². The molecule has 2 N–H and O–H groups in total. The van der Waals surface area contributed by atoms with Crippen LogP contribution >= 0.6 is 15.9 Å². The van der Waals surface area contributed by atoms with Gasteiger partial charge in [0.1, 0.15) is 6.04 Å². The van der Waals surface area contributed by atoms with Crippen LogP contribution < -0.4 is 0 Å². The van der Waals surface area contributed by atoms with Crippen molar-refractivity contribution in [2.45, 2.75) is 12.6 Å². The Bertz CT molecular complexity index is 936. The Morgan fingerprint density at radius 2 is 1.93 bits per heavy atom. The Morgan fingerprint density at radius 3 is 2.63 bits per heavy atom. The molecule has 6 nitrogen and oxygen atoms in total. The summed E-state index contributed by atoms with van der Waals surface area (Å²) in [7, 11) is 0. The summed E-state index contributed by atoms with van der Waals surface area (Å²) in [5.41, 5.74) is 3.01. The summed E-state index contributed by atoms with van der Waals surface area (Å²) in [6, 6.07) is 9.31. The van der Waals surface area contributed by atoms with Gasteiger partial charge in [-0.15, -0.1) is 0 Å². The van der Waals surface area contributed by atoms with Gasteiger partial charge in [-0.2, -0.15) is 0 Å². The first-order valence-corrected chi connectivity index (χ1v) is 9.76. The van der Waals surface area contributed by atoms with Crippen molar-refractivity contribution >= 4 is 32.8 Å². The van der Waals surface area contributed by atoms with Gasteiger partial charge in [0, 0.05) is 72.3 Å². The number of aromatic nitrogens is 2. The molecule has 0 bridgehead atoms. The second kappa shape index (κ2) is 7.80. The van der Waals surface area contributed by atoms with Gasteiger partial charge < -0.3 is 10.1 Å². The Hall–Kier alpha value is -2.22. The molecule has 1 fully saturated rings. The van der Waals surface area contributed by atoms with Crippen LogP contribution in [-0.4, -0.2) is 57.0 Å². The molecule has 140 valence electrons. The largest absolute Gasteiger partial charge is 0.480 e.